The number of sulfone groups is 1. The zero-order valence-corrected chi connectivity index (χ0v) is 12.2. The number of carboxylic acid groups (broad SMARTS) is 1. The zero-order chi connectivity index (χ0) is 15.0. The lowest BCUT2D eigenvalue weighted by Crippen LogP contribution is -2.30. The van der Waals surface area contributed by atoms with E-state index in [4.69, 9.17) is 5.11 Å². The lowest BCUT2D eigenvalue weighted by Gasteiger charge is -2.21. The predicted octanol–water partition coefficient (Wildman–Crippen LogP) is 1.54. The number of aromatic nitrogens is 2. The quantitative estimate of drug-likeness (QED) is 0.929. The van der Waals surface area contributed by atoms with Gasteiger partial charge >= 0.3 is 5.97 Å². The van der Waals surface area contributed by atoms with Crippen LogP contribution in [0.3, 0.4) is 0 Å². The molecule has 1 fully saturated rings. The Morgan fingerprint density at radius 1 is 1.43 bits per heavy atom. The van der Waals surface area contributed by atoms with Crippen LogP contribution in [0.15, 0.2) is 24.5 Å². The fraction of sp³-hybridized carbons (Fsp3) is 0.429. The van der Waals surface area contributed by atoms with Crippen LogP contribution in [0.25, 0.3) is 5.65 Å². The smallest absolute Gasteiger partial charge is 0.335 e. The highest BCUT2D eigenvalue weighted by Gasteiger charge is 2.29. The van der Waals surface area contributed by atoms with Crippen LogP contribution < -0.4 is 0 Å². The molecule has 0 radical (unpaired) electrons. The fourth-order valence-electron chi connectivity index (χ4n) is 2.75. The van der Waals surface area contributed by atoms with Crippen LogP contribution in [-0.2, 0) is 16.3 Å². The van der Waals surface area contributed by atoms with Crippen LogP contribution in [0, 0.1) is 0 Å². The van der Waals surface area contributed by atoms with Gasteiger partial charge in [-0.1, -0.05) is 6.42 Å². The van der Waals surface area contributed by atoms with Gasteiger partial charge in [0, 0.05) is 18.8 Å². The summed E-state index contributed by atoms with van der Waals surface area (Å²) in [5.74, 6) is -0.745. The second-order valence-electron chi connectivity index (χ2n) is 5.41. The fourth-order valence-corrected chi connectivity index (χ4v) is 4.64. The Morgan fingerprint density at radius 3 is 2.95 bits per heavy atom. The number of carbonyl (C=O) groups is 1. The van der Waals surface area contributed by atoms with Gasteiger partial charge in [0.25, 0.3) is 0 Å². The number of fused-ring (bicyclic) bond motifs is 1. The van der Waals surface area contributed by atoms with Crippen LogP contribution in [0.2, 0.25) is 0 Å². The van der Waals surface area contributed by atoms with E-state index in [0.29, 0.717) is 24.2 Å². The molecule has 21 heavy (non-hydrogen) atoms. The molecule has 1 aliphatic rings. The highest BCUT2D eigenvalue weighted by atomic mass is 32.2. The molecule has 2 aromatic heterocycles. The van der Waals surface area contributed by atoms with Gasteiger partial charge in [0.15, 0.2) is 9.84 Å². The molecule has 112 valence electrons. The number of hydrogen-bond donors (Lipinski definition) is 1. The van der Waals surface area contributed by atoms with E-state index in [2.05, 4.69) is 4.98 Å². The average Bonchev–Trinajstić information content (AvgIpc) is 2.82. The van der Waals surface area contributed by atoms with Crippen molar-refractivity contribution < 1.29 is 18.3 Å². The summed E-state index contributed by atoms with van der Waals surface area (Å²) in [7, 11) is -3.02. The molecule has 1 N–H and O–H groups in total. The molecule has 1 atom stereocenters. The van der Waals surface area contributed by atoms with Crippen LogP contribution in [0.1, 0.15) is 35.3 Å². The van der Waals surface area contributed by atoms with Crippen molar-refractivity contribution in [3.05, 3.63) is 35.8 Å². The van der Waals surface area contributed by atoms with Gasteiger partial charge in [0.2, 0.25) is 0 Å². The maximum Gasteiger partial charge on any atom is 0.335 e. The van der Waals surface area contributed by atoms with Crippen molar-refractivity contribution in [2.45, 2.75) is 30.9 Å². The summed E-state index contributed by atoms with van der Waals surface area (Å²) in [6.45, 7) is 0. The molecule has 0 saturated carbocycles. The van der Waals surface area contributed by atoms with Gasteiger partial charge < -0.3 is 9.51 Å². The Hall–Kier alpha value is -1.89. The summed E-state index contributed by atoms with van der Waals surface area (Å²) < 4.78 is 25.8. The average molecular weight is 308 g/mol. The molecular formula is C14H16N2O4S. The van der Waals surface area contributed by atoms with E-state index in [1.54, 1.807) is 16.8 Å². The molecule has 1 saturated heterocycles. The highest BCUT2D eigenvalue weighted by molar-refractivity contribution is 7.92. The van der Waals surface area contributed by atoms with Gasteiger partial charge in [-0.25, -0.2) is 18.2 Å². The van der Waals surface area contributed by atoms with E-state index in [1.165, 1.54) is 12.1 Å². The molecule has 2 aromatic rings. The molecule has 0 aliphatic carbocycles. The van der Waals surface area contributed by atoms with Crippen molar-refractivity contribution in [1.82, 2.24) is 9.38 Å². The first-order valence-corrected chi connectivity index (χ1v) is 8.60. The van der Waals surface area contributed by atoms with E-state index in [9.17, 15) is 13.2 Å². The number of aromatic carboxylic acids is 1. The van der Waals surface area contributed by atoms with Crippen LogP contribution >= 0.6 is 0 Å². The molecule has 0 aromatic carbocycles. The first-order valence-electron chi connectivity index (χ1n) is 6.88. The maximum atomic E-state index is 12.0. The molecule has 1 aliphatic heterocycles. The van der Waals surface area contributed by atoms with E-state index >= 15 is 0 Å². The number of hydrogen-bond acceptors (Lipinski definition) is 4. The summed E-state index contributed by atoms with van der Waals surface area (Å²) in [6, 6.07) is 2.99. The molecule has 0 spiro atoms. The van der Waals surface area contributed by atoms with E-state index < -0.39 is 15.8 Å². The topological polar surface area (TPSA) is 88.7 Å². The molecule has 6 nitrogen and oxygen atoms in total. The van der Waals surface area contributed by atoms with Gasteiger partial charge in [0.1, 0.15) is 5.65 Å². The van der Waals surface area contributed by atoms with Gasteiger partial charge in [-0.15, -0.1) is 0 Å². The molecule has 3 heterocycles. The zero-order valence-electron chi connectivity index (χ0n) is 11.4. The van der Waals surface area contributed by atoms with Crippen molar-refractivity contribution in [1.29, 1.82) is 0 Å². The van der Waals surface area contributed by atoms with E-state index in [1.807, 2.05) is 0 Å². The summed E-state index contributed by atoms with van der Waals surface area (Å²) >= 11 is 0. The standard InChI is InChI=1S/C14H16N2O4S/c17-14(18)10-4-5-16-9-11(15-13(16)7-10)8-12-3-1-2-6-21(12,19)20/h4-5,7,9,12H,1-3,6,8H2,(H,17,18). The minimum atomic E-state index is -3.02. The first-order chi connectivity index (χ1) is 9.95. The Bertz CT molecular complexity index is 794. The van der Waals surface area contributed by atoms with Gasteiger partial charge in [0.05, 0.1) is 22.3 Å². The molecule has 0 amide bonds. The monoisotopic (exact) mass is 308 g/mol. The third-order valence-corrected chi connectivity index (χ3v) is 6.18. The second kappa shape index (κ2) is 5.14. The Balaban J connectivity index is 1.89. The normalized spacial score (nSPS) is 21.4. The summed E-state index contributed by atoms with van der Waals surface area (Å²) in [4.78, 5) is 15.3. The number of imidazole rings is 1. The van der Waals surface area contributed by atoms with Gasteiger partial charge in [-0.2, -0.15) is 0 Å². The number of carboxylic acids is 1. The minimum Gasteiger partial charge on any atom is -0.478 e. The van der Waals surface area contributed by atoms with Gasteiger partial charge in [-0.3, -0.25) is 0 Å². The molecule has 0 bridgehead atoms. The molecule has 1 unspecified atom stereocenters. The van der Waals surface area contributed by atoms with E-state index in [-0.39, 0.29) is 16.6 Å². The number of pyridine rings is 1. The number of nitrogens with zero attached hydrogens (tertiary/aromatic N) is 2. The lowest BCUT2D eigenvalue weighted by atomic mass is 10.1. The SMILES string of the molecule is O=C(O)c1ccn2cc(CC3CCCCS3(=O)=O)nc2c1. The third kappa shape index (κ3) is 2.78. The third-order valence-electron chi connectivity index (χ3n) is 3.91. The minimum absolute atomic E-state index is 0.171. The summed E-state index contributed by atoms with van der Waals surface area (Å²) in [6.07, 6.45) is 6.14. The number of rotatable bonds is 3. The largest absolute Gasteiger partial charge is 0.478 e. The molecule has 3 rings (SSSR count). The molecular weight excluding hydrogens is 292 g/mol. The Labute approximate surface area is 122 Å². The second-order valence-corrected chi connectivity index (χ2v) is 7.81. The van der Waals surface area contributed by atoms with Gasteiger partial charge in [-0.05, 0) is 25.0 Å². The lowest BCUT2D eigenvalue weighted by molar-refractivity contribution is 0.0697. The summed E-state index contributed by atoms with van der Waals surface area (Å²) in [5, 5.41) is 8.60. The van der Waals surface area contributed by atoms with Crippen molar-refractivity contribution in [3.8, 4) is 0 Å². The maximum absolute atomic E-state index is 12.0. The Kier molecular flexibility index (Phi) is 3.44. The van der Waals surface area contributed by atoms with Crippen LogP contribution in [-0.4, -0.2) is 39.9 Å². The van der Waals surface area contributed by atoms with Crippen molar-refractivity contribution >= 4 is 21.5 Å². The summed E-state index contributed by atoms with van der Waals surface area (Å²) in [5.41, 5.74) is 1.39. The predicted molar refractivity (Wildman–Crippen MR) is 77.3 cm³/mol. The Morgan fingerprint density at radius 2 is 2.24 bits per heavy atom. The van der Waals surface area contributed by atoms with Crippen LogP contribution in [0.5, 0.6) is 0 Å². The first kappa shape index (κ1) is 14.1. The highest BCUT2D eigenvalue weighted by Crippen LogP contribution is 2.23. The van der Waals surface area contributed by atoms with Crippen LogP contribution in [0.4, 0.5) is 0 Å². The van der Waals surface area contributed by atoms with Crippen molar-refractivity contribution in [2.75, 3.05) is 5.75 Å². The molecule has 7 heteroatoms. The van der Waals surface area contributed by atoms with Crippen molar-refractivity contribution in [3.63, 3.8) is 0 Å². The van der Waals surface area contributed by atoms with Crippen molar-refractivity contribution in [2.24, 2.45) is 0 Å². The van der Waals surface area contributed by atoms with E-state index in [0.717, 1.165) is 12.8 Å².